The molecule has 0 saturated carbocycles. The molecule has 2 heterocycles. The fourth-order valence-electron chi connectivity index (χ4n) is 3.28. The van der Waals surface area contributed by atoms with Crippen LogP contribution in [0.15, 0.2) is 36.7 Å². The molecule has 0 unspecified atom stereocenters. The standard InChI is InChI=1S/C18H23ClN4O/c1-14-5-3-4-6-17(14)21-9-10-23(15(2)12-21)18(24)7-8-22-13-16(19)11-20-22/h3-6,11,13,15H,7-10,12H2,1-2H3/t15-/m0/s1. The number of hydrogen-bond acceptors (Lipinski definition) is 3. The van der Waals surface area contributed by atoms with Gasteiger partial charge in [-0.15, -0.1) is 0 Å². The van der Waals surface area contributed by atoms with Crippen LogP contribution < -0.4 is 4.90 Å². The summed E-state index contributed by atoms with van der Waals surface area (Å²) in [5, 5.41) is 4.72. The van der Waals surface area contributed by atoms with Gasteiger partial charge in [0.1, 0.15) is 0 Å². The summed E-state index contributed by atoms with van der Waals surface area (Å²) in [5.74, 6) is 0.179. The average molecular weight is 347 g/mol. The third-order valence-corrected chi connectivity index (χ3v) is 4.76. The number of hydrogen-bond donors (Lipinski definition) is 0. The number of carbonyl (C=O) groups excluding carboxylic acids is 1. The second-order valence-corrected chi connectivity index (χ2v) is 6.78. The fraction of sp³-hybridized carbons (Fsp3) is 0.444. The number of rotatable bonds is 4. The zero-order valence-electron chi connectivity index (χ0n) is 14.2. The number of aromatic nitrogens is 2. The van der Waals surface area contributed by atoms with E-state index >= 15 is 0 Å². The lowest BCUT2D eigenvalue weighted by Gasteiger charge is -2.41. The first kappa shape index (κ1) is 16.8. The van der Waals surface area contributed by atoms with Gasteiger partial charge in [0.2, 0.25) is 5.91 Å². The highest BCUT2D eigenvalue weighted by Crippen LogP contribution is 2.23. The molecule has 6 heteroatoms. The highest BCUT2D eigenvalue weighted by Gasteiger charge is 2.27. The van der Waals surface area contributed by atoms with Crippen LogP contribution in [0, 0.1) is 6.92 Å². The van der Waals surface area contributed by atoms with Crippen LogP contribution in [0.1, 0.15) is 18.9 Å². The first-order valence-electron chi connectivity index (χ1n) is 8.32. The molecule has 0 N–H and O–H groups in total. The number of piperazine rings is 1. The number of halogens is 1. The number of anilines is 1. The summed E-state index contributed by atoms with van der Waals surface area (Å²) in [6.45, 7) is 7.31. The molecule has 1 saturated heterocycles. The highest BCUT2D eigenvalue weighted by atomic mass is 35.5. The zero-order chi connectivity index (χ0) is 17.1. The summed E-state index contributed by atoms with van der Waals surface area (Å²) < 4.78 is 1.72. The molecule has 24 heavy (non-hydrogen) atoms. The molecule has 0 radical (unpaired) electrons. The molecule has 3 rings (SSSR count). The third kappa shape index (κ3) is 3.73. The van der Waals surface area contributed by atoms with E-state index in [1.165, 1.54) is 11.3 Å². The van der Waals surface area contributed by atoms with Gasteiger partial charge in [-0.2, -0.15) is 5.10 Å². The van der Waals surface area contributed by atoms with Crippen molar-refractivity contribution in [1.29, 1.82) is 0 Å². The summed E-state index contributed by atoms with van der Waals surface area (Å²) in [5.41, 5.74) is 2.54. The summed E-state index contributed by atoms with van der Waals surface area (Å²) in [7, 11) is 0. The van der Waals surface area contributed by atoms with E-state index in [4.69, 9.17) is 11.6 Å². The Kier molecular flexibility index (Phi) is 5.09. The van der Waals surface area contributed by atoms with Gasteiger partial charge < -0.3 is 9.80 Å². The van der Waals surface area contributed by atoms with Crippen LogP contribution in [0.3, 0.4) is 0 Å². The van der Waals surface area contributed by atoms with E-state index < -0.39 is 0 Å². The van der Waals surface area contributed by atoms with Crippen LogP contribution in [0.25, 0.3) is 0 Å². The minimum atomic E-state index is 0.179. The minimum Gasteiger partial charge on any atom is -0.367 e. The van der Waals surface area contributed by atoms with Crippen molar-refractivity contribution in [3.63, 3.8) is 0 Å². The number of nitrogens with zero attached hydrogens (tertiary/aromatic N) is 4. The van der Waals surface area contributed by atoms with Gasteiger partial charge in [-0.3, -0.25) is 9.48 Å². The smallest absolute Gasteiger partial charge is 0.224 e. The van der Waals surface area contributed by atoms with Crippen molar-refractivity contribution in [2.75, 3.05) is 24.5 Å². The Bertz CT molecular complexity index is 715. The fourth-order valence-corrected chi connectivity index (χ4v) is 3.44. The molecule has 1 aliphatic rings. The molecule has 1 aliphatic heterocycles. The van der Waals surface area contributed by atoms with E-state index in [1.54, 1.807) is 17.1 Å². The van der Waals surface area contributed by atoms with Crippen molar-refractivity contribution < 1.29 is 4.79 Å². The maximum Gasteiger partial charge on any atom is 0.224 e. The maximum absolute atomic E-state index is 12.5. The van der Waals surface area contributed by atoms with Crippen LogP contribution in [0.2, 0.25) is 5.02 Å². The molecular weight excluding hydrogens is 324 g/mol. The van der Waals surface area contributed by atoms with Crippen molar-refractivity contribution in [1.82, 2.24) is 14.7 Å². The molecule has 1 amide bonds. The van der Waals surface area contributed by atoms with Crippen molar-refractivity contribution >= 4 is 23.2 Å². The number of carbonyl (C=O) groups is 1. The van der Waals surface area contributed by atoms with Crippen LogP contribution >= 0.6 is 11.6 Å². The van der Waals surface area contributed by atoms with Crippen LogP contribution in [-0.4, -0.2) is 46.3 Å². The second-order valence-electron chi connectivity index (χ2n) is 6.34. The molecule has 0 spiro atoms. The van der Waals surface area contributed by atoms with Gasteiger partial charge in [0.05, 0.1) is 11.2 Å². The van der Waals surface area contributed by atoms with Gasteiger partial charge in [0.15, 0.2) is 0 Å². The van der Waals surface area contributed by atoms with Crippen molar-refractivity contribution in [3.05, 3.63) is 47.2 Å². The predicted molar refractivity (Wildman–Crippen MR) is 96.4 cm³/mol. The molecule has 0 bridgehead atoms. The van der Waals surface area contributed by atoms with E-state index in [-0.39, 0.29) is 11.9 Å². The molecule has 1 fully saturated rings. The monoisotopic (exact) mass is 346 g/mol. The van der Waals surface area contributed by atoms with Crippen LogP contribution in [0.5, 0.6) is 0 Å². The number of amides is 1. The zero-order valence-corrected chi connectivity index (χ0v) is 14.9. The summed E-state index contributed by atoms with van der Waals surface area (Å²) in [4.78, 5) is 16.9. The Morgan fingerprint density at radius 1 is 1.33 bits per heavy atom. The van der Waals surface area contributed by atoms with E-state index in [1.807, 2.05) is 4.90 Å². The topological polar surface area (TPSA) is 41.4 Å². The largest absolute Gasteiger partial charge is 0.367 e. The Morgan fingerprint density at radius 3 is 2.79 bits per heavy atom. The van der Waals surface area contributed by atoms with Gasteiger partial charge in [0.25, 0.3) is 0 Å². The first-order chi connectivity index (χ1) is 11.5. The van der Waals surface area contributed by atoms with Gasteiger partial charge in [-0.1, -0.05) is 29.8 Å². The van der Waals surface area contributed by atoms with Gasteiger partial charge in [0, 0.05) is 50.5 Å². The second kappa shape index (κ2) is 7.26. The molecule has 5 nitrogen and oxygen atoms in total. The maximum atomic E-state index is 12.5. The molecule has 1 aromatic carbocycles. The van der Waals surface area contributed by atoms with Crippen molar-refractivity contribution in [3.8, 4) is 0 Å². The lowest BCUT2D eigenvalue weighted by Crippen LogP contribution is -2.54. The predicted octanol–water partition coefficient (Wildman–Crippen LogP) is 2.97. The highest BCUT2D eigenvalue weighted by molar-refractivity contribution is 6.30. The van der Waals surface area contributed by atoms with Gasteiger partial charge in [-0.05, 0) is 25.5 Å². The Labute approximate surface area is 147 Å². The number of aryl methyl sites for hydroxylation is 2. The van der Waals surface area contributed by atoms with Crippen LogP contribution in [-0.2, 0) is 11.3 Å². The Hall–Kier alpha value is -2.01. The molecule has 128 valence electrons. The quantitative estimate of drug-likeness (QED) is 0.854. The Balaban J connectivity index is 1.57. The van der Waals surface area contributed by atoms with Crippen molar-refractivity contribution in [2.24, 2.45) is 0 Å². The molecular formula is C18H23ClN4O. The lowest BCUT2D eigenvalue weighted by atomic mass is 10.1. The summed E-state index contributed by atoms with van der Waals surface area (Å²) >= 11 is 5.85. The van der Waals surface area contributed by atoms with E-state index in [9.17, 15) is 4.79 Å². The Morgan fingerprint density at radius 2 is 2.12 bits per heavy atom. The first-order valence-corrected chi connectivity index (χ1v) is 8.70. The molecule has 1 aromatic heterocycles. The normalized spacial score (nSPS) is 18.0. The molecule has 1 atom stereocenters. The molecule has 0 aliphatic carbocycles. The SMILES string of the molecule is Cc1ccccc1N1CCN(C(=O)CCn2cc(Cl)cn2)[C@@H](C)C1. The average Bonchev–Trinajstić information content (AvgIpc) is 2.98. The van der Waals surface area contributed by atoms with E-state index in [0.29, 0.717) is 18.0 Å². The molecule has 2 aromatic rings. The number of benzene rings is 1. The third-order valence-electron chi connectivity index (χ3n) is 4.56. The van der Waals surface area contributed by atoms with Crippen molar-refractivity contribution in [2.45, 2.75) is 32.9 Å². The lowest BCUT2D eigenvalue weighted by molar-refractivity contribution is -0.133. The number of para-hydroxylation sites is 1. The van der Waals surface area contributed by atoms with Gasteiger partial charge in [-0.25, -0.2) is 0 Å². The van der Waals surface area contributed by atoms with E-state index in [2.05, 4.69) is 48.1 Å². The van der Waals surface area contributed by atoms with Gasteiger partial charge >= 0.3 is 0 Å². The summed E-state index contributed by atoms with van der Waals surface area (Å²) in [6, 6.07) is 8.61. The van der Waals surface area contributed by atoms with E-state index in [0.717, 1.165) is 19.6 Å². The van der Waals surface area contributed by atoms with Crippen LogP contribution in [0.4, 0.5) is 5.69 Å². The minimum absolute atomic E-state index is 0.179. The summed E-state index contributed by atoms with van der Waals surface area (Å²) in [6.07, 6.45) is 3.79.